The van der Waals surface area contributed by atoms with Crippen molar-refractivity contribution in [3.05, 3.63) is 30.1 Å². The Morgan fingerprint density at radius 1 is 1.30 bits per heavy atom. The Hall–Kier alpha value is -1.39. The smallest absolute Gasteiger partial charge is 0.0955 e. The zero-order valence-corrected chi connectivity index (χ0v) is 12.8. The van der Waals surface area contributed by atoms with Gasteiger partial charge in [-0.15, -0.1) is 0 Å². The maximum atomic E-state index is 10.4. The molecule has 0 saturated heterocycles. The molecule has 2 N–H and O–H groups in total. The highest BCUT2D eigenvalue weighted by atomic mass is 16.3. The van der Waals surface area contributed by atoms with E-state index < -0.39 is 6.10 Å². The number of imidazole rings is 1. The average Bonchev–Trinajstić information content (AvgIpc) is 2.78. The van der Waals surface area contributed by atoms with Crippen LogP contribution in [0.5, 0.6) is 0 Å². The monoisotopic (exact) mass is 275 g/mol. The lowest BCUT2D eigenvalue weighted by Crippen LogP contribution is -2.33. The van der Waals surface area contributed by atoms with Gasteiger partial charge < -0.3 is 15.0 Å². The van der Waals surface area contributed by atoms with E-state index in [1.165, 1.54) is 0 Å². The molecule has 0 fully saturated rings. The largest absolute Gasteiger partial charge is 0.387 e. The predicted molar refractivity (Wildman–Crippen MR) is 82.6 cm³/mol. The summed E-state index contributed by atoms with van der Waals surface area (Å²) in [6.45, 7) is 7.37. The zero-order chi connectivity index (χ0) is 14.7. The molecule has 2 atom stereocenters. The van der Waals surface area contributed by atoms with Crippen molar-refractivity contribution in [1.82, 2.24) is 14.9 Å². The fourth-order valence-corrected chi connectivity index (χ4v) is 2.34. The third-order valence-corrected chi connectivity index (χ3v) is 3.75. The number of benzene rings is 1. The van der Waals surface area contributed by atoms with Gasteiger partial charge in [0.25, 0.3) is 0 Å². The molecule has 0 aliphatic carbocycles. The summed E-state index contributed by atoms with van der Waals surface area (Å²) in [7, 11) is 1.97. The molecule has 110 valence electrons. The third kappa shape index (κ3) is 3.38. The maximum Gasteiger partial charge on any atom is 0.0955 e. The van der Waals surface area contributed by atoms with E-state index in [-0.39, 0.29) is 6.04 Å². The zero-order valence-electron chi connectivity index (χ0n) is 12.8. The van der Waals surface area contributed by atoms with Gasteiger partial charge >= 0.3 is 0 Å². The van der Waals surface area contributed by atoms with E-state index in [4.69, 9.17) is 0 Å². The van der Waals surface area contributed by atoms with Crippen LogP contribution in [0.15, 0.2) is 24.5 Å². The van der Waals surface area contributed by atoms with Gasteiger partial charge in [0.05, 0.1) is 23.5 Å². The van der Waals surface area contributed by atoms with Gasteiger partial charge in [0.15, 0.2) is 0 Å². The van der Waals surface area contributed by atoms with Crippen molar-refractivity contribution in [3.8, 4) is 0 Å². The standard InChI is InChI=1S/C16H25N3O/c1-11(2)7-8-17-12(3)16(20)13-5-6-15-14(9-13)18-10-19(15)4/h5-6,9-12,16-17,20H,7-8H2,1-4H3. The molecule has 0 saturated carbocycles. The van der Waals surface area contributed by atoms with Gasteiger partial charge in [-0.3, -0.25) is 0 Å². The molecular formula is C16H25N3O. The number of hydrogen-bond acceptors (Lipinski definition) is 3. The molecule has 1 aromatic carbocycles. The van der Waals surface area contributed by atoms with Crippen molar-refractivity contribution >= 4 is 11.0 Å². The van der Waals surface area contributed by atoms with Gasteiger partial charge in [-0.1, -0.05) is 19.9 Å². The highest BCUT2D eigenvalue weighted by Gasteiger charge is 2.16. The molecule has 1 aromatic heterocycles. The molecular weight excluding hydrogens is 250 g/mol. The van der Waals surface area contributed by atoms with Crippen molar-refractivity contribution in [2.45, 2.75) is 39.3 Å². The molecule has 4 heteroatoms. The van der Waals surface area contributed by atoms with Crippen LogP contribution in [0.3, 0.4) is 0 Å². The highest BCUT2D eigenvalue weighted by molar-refractivity contribution is 5.76. The molecule has 0 aliphatic heterocycles. The first-order chi connectivity index (χ1) is 9.49. The minimum atomic E-state index is -0.506. The maximum absolute atomic E-state index is 10.4. The molecule has 0 radical (unpaired) electrons. The van der Waals surface area contributed by atoms with Crippen LogP contribution in [0.2, 0.25) is 0 Å². The highest BCUT2D eigenvalue weighted by Crippen LogP contribution is 2.21. The van der Waals surface area contributed by atoms with E-state index in [2.05, 4.69) is 24.1 Å². The Balaban J connectivity index is 2.04. The Morgan fingerprint density at radius 2 is 2.05 bits per heavy atom. The first-order valence-corrected chi connectivity index (χ1v) is 7.31. The van der Waals surface area contributed by atoms with Crippen LogP contribution in [-0.4, -0.2) is 27.2 Å². The van der Waals surface area contributed by atoms with E-state index in [9.17, 15) is 5.11 Å². The van der Waals surface area contributed by atoms with E-state index in [1.54, 1.807) is 6.33 Å². The molecule has 2 aromatic rings. The van der Waals surface area contributed by atoms with Crippen LogP contribution >= 0.6 is 0 Å². The topological polar surface area (TPSA) is 50.1 Å². The first-order valence-electron chi connectivity index (χ1n) is 7.31. The van der Waals surface area contributed by atoms with Gasteiger partial charge in [-0.05, 0) is 43.5 Å². The molecule has 20 heavy (non-hydrogen) atoms. The number of nitrogens with one attached hydrogen (secondary N) is 1. The number of nitrogens with zero attached hydrogens (tertiary/aromatic N) is 2. The van der Waals surface area contributed by atoms with Crippen molar-refractivity contribution < 1.29 is 5.11 Å². The van der Waals surface area contributed by atoms with Crippen molar-refractivity contribution in [2.24, 2.45) is 13.0 Å². The van der Waals surface area contributed by atoms with Crippen LogP contribution in [0, 0.1) is 5.92 Å². The van der Waals surface area contributed by atoms with E-state index in [1.807, 2.05) is 36.7 Å². The number of hydrogen-bond donors (Lipinski definition) is 2. The molecule has 4 nitrogen and oxygen atoms in total. The van der Waals surface area contributed by atoms with E-state index in [0.717, 1.165) is 29.6 Å². The van der Waals surface area contributed by atoms with E-state index >= 15 is 0 Å². The fourth-order valence-electron chi connectivity index (χ4n) is 2.34. The van der Waals surface area contributed by atoms with Crippen molar-refractivity contribution in [1.29, 1.82) is 0 Å². The number of aryl methyl sites for hydroxylation is 1. The van der Waals surface area contributed by atoms with Crippen LogP contribution in [0.25, 0.3) is 11.0 Å². The molecule has 1 heterocycles. The van der Waals surface area contributed by atoms with Crippen LogP contribution < -0.4 is 5.32 Å². The summed E-state index contributed by atoms with van der Waals surface area (Å²) >= 11 is 0. The van der Waals surface area contributed by atoms with Crippen LogP contribution in [0.4, 0.5) is 0 Å². The second-order valence-electron chi connectivity index (χ2n) is 5.97. The molecule has 2 unspecified atom stereocenters. The normalized spacial score (nSPS) is 14.9. The van der Waals surface area contributed by atoms with Crippen molar-refractivity contribution in [3.63, 3.8) is 0 Å². The third-order valence-electron chi connectivity index (χ3n) is 3.75. The number of rotatable bonds is 6. The SMILES string of the molecule is CC(C)CCNC(C)C(O)c1ccc2c(c1)ncn2C. The van der Waals surface area contributed by atoms with Gasteiger partial charge in [0, 0.05) is 13.1 Å². The van der Waals surface area contributed by atoms with Gasteiger partial charge in [-0.25, -0.2) is 4.98 Å². The van der Waals surface area contributed by atoms with E-state index in [0.29, 0.717) is 5.92 Å². The number of aliphatic hydroxyl groups excluding tert-OH is 1. The molecule has 0 bridgehead atoms. The fraction of sp³-hybridized carbons (Fsp3) is 0.562. The summed E-state index contributed by atoms with van der Waals surface area (Å²) in [6, 6.07) is 6.01. The second kappa shape index (κ2) is 6.37. The lowest BCUT2D eigenvalue weighted by Gasteiger charge is -2.21. The summed E-state index contributed by atoms with van der Waals surface area (Å²) in [5.41, 5.74) is 2.93. The second-order valence-corrected chi connectivity index (χ2v) is 5.97. The number of aliphatic hydroxyl groups is 1. The summed E-state index contributed by atoms with van der Waals surface area (Å²) in [6.07, 6.45) is 2.41. The summed E-state index contributed by atoms with van der Waals surface area (Å²) in [5, 5.41) is 13.8. The molecule has 0 spiro atoms. The Kier molecular flexibility index (Phi) is 4.78. The Labute approximate surface area is 120 Å². The molecule has 2 rings (SSSR count). The first kappa shape index (κ1) is 15.0. The minimum Gasteiger partial charge on any atom is -0.387 e. The lowest BCUT2D eigenvalue weighted by molar-refractivity contribution is 0.135. The van der Waals surface area contributed by atoms with Gasteiger partial charge in [-0.2, -0.15) is 0 Å². The Bertz CT molecular complexity index is 562. The summed E-state index contributed by atoms with van der Waals surface area (Å²) < 4.78 is 1.98. The average molecular weight is 275 g/mol. The van der Waals surface area contributed by atoms with Crippen molar-refractivity contribution in [2.75, 3.05) is 6.54 Å². The predicted octanol–water partition coefficient (Wildman–Crippen LogP) is 2.63. The summed E-state index contributed by atoms with van der Waals surface area (Å²) in [5.74, 6) is 0.678. The minimum absolute atomic E-state index is 0.0370. The lowest BCUT2D eigenvalue weighted by atomic mass is 10.0. The molecule has 0 amide bonds. The quantitative estimate of drug-likeness (QED) is 0.852. The Morgan fingerprint density at radius 3 is 2.75 bits per heavy atom. The van der Waals surface area contributed by atoms with Crippen LogP contribution in [-0.2, 0) is 7.05 Å². The number of fused-ring (bicyclic) bond motifs is 1. The molecule has 0 aliphatic rings. The summed E-state index contributed by atoms with van der Waals surface area (Å²) in [4.78, 5) is 4.34. The van der Waals surface area contributed by atoms with Gasteiger partial charge in [0.2, 0.25) is 0 Å². The van der Waals surface area contributed by atoms with Crippen LogP contribution in [0.1, 0.15) is 38.9 Å². The number of aromatic nitrogens is 2. The van der Waals surface area contributed by atoms with Gasteiger partial charge in [0.1, 0.15) is 0 Å².